The van der Waals surface area contributed by atoms with Crippen LogP contribution < -0.4 is 19.6 Å². The van der Waals surface area contributed by atoms with Crippen LogP contribution in [-0.4, -0.2) is 0 Å². The third kappa shape index (κ3) is 6.39. The number of nitrogens with zero attached hydrogens (tertiary/aromatic N) is 4. The molecule has 0 radical (unpaired) electrons. The van der Waals surface area contributed by atoms with E-state index >= 15 is 26.3 Å². The Morgan fingerprint density at radius 3 is 0.600 bits per heavy atom. The molecule has 0 saturated heterocycles. The van der Waals surface area contributed by atoms with Crippen molar-refractivity contribution in [1.29, 1.82) is 0 Å². The molecule has 0 unspecified atom stereocenters. The maximum Gasteiger partial charge on any atom is 0.420 e. The van der Waals surface area contributed by atoms with E-state index in [4.69, 9.17) is 0 Å². The molecule has 0 aromatic heterocycles. The first-order chi connectivity index (χ1) is 34.0. The summed E-state index contributed by atoms with van der Waals surface area (Å²) in [6.45, 7) is 0. The van der Waals surface area contributed by atoms with E-state index in [0.717, 1.165) is 33.4 Å². The molecule has 0 amide bonds. The predicted molar refractivity (Wildman–Crippen MR) is 266 cm³/mol. The van der Waals surface area contributed by atoms with E-state index < -0.39 is 40.5 Å². The average Bonchev–Trinajstić information content (AvgIpc) is 3.37. The van der Waals surface area contributed by atoms with Crippen molar-refractivity contribution in [2.75, 3.05) is 19.6 Å². The number of benzene rings is 9. The van der Waals surface area contributed by atoms with Crippen LogP contribution in [-0.2, 0) is 38.0 Å². The first-order valence-electron chi connectivity index (χ1n) is 23.3. The van der Waals surface area contributed by atoms with Gasteiger partial charge in [-0.3, -0.25) is 0 Å². The molecule has 13 rings (SSSR count). The van der Waals surface area contributed by atoms with Gasteiger partial charge in [0.2, 0.25) is 0 Å². The Labute approximate surface area is 400 Å². The SMILES string of the molecule is FC(F)(F)c1c(N2c3ccccc3Cc3ccccc32)c(N2c3ccccc3Cc3ccccc32)c(N2c3ccccc3Cc3ccccc32)c(C(F)(F)F)c1N1c2ccccc2Cc2ccccc21. The van der Waals surface area contributed by atoms with Crippen molar-refractivity contribution in [2.45, 2.75) is 38.0 Å². The molecule has 9 aromatic rings. The molecule has 342 valence electrons. The van der Waals surface area contributed by atoms with E-state index in [1.165, 1.54) is 4.90 Å². The number of para-hydroxylation sites is 8. The van der Waals surface area contributed by atoms with Crippen LogP contribution >= 0.6 is 0 Å². The molecular formula is C60H40F6N4. The lowest BCUT2D eigenvalue weighted by Crippen LogP contribution is -2.33. The largest absolute Gasteiger partial charge is 0.420 e. The Kier molecular flexibility index (Phi) is 9.37. The number of rotatable bonds is 4. The summed E-state index contributed by atoms with van der Waals surface area (Å²) >= 11 is 0. The predicted octanol–water partition coefficient (Wildman–Crippen LogP) is 17.2. The van der Waals surface area contributed by atoms with Crippen molar-refractivity contribution in [2.24, 2.45) is 0 Å². The van der Waals surface area contributed by atoms with Crippen LogP contribution in [0.25, 0.3) is 0 Å². The lowest BCUT2D eigenvalue weighted by atomic mass is 9.86. The van der Waals surface area contributed by atoms with E-state index in [-0.39, 0.29) is 17.1 Å². The first-order valence-corrected chi connectivity index (χ1v) is 23.3. The molecule has 4 aliphatic rings. The van der Waals surface area contributed by atoms with E-state index in [9.17, 15) is 0 Å². The second-order valence-corrected chi connectivity index (χ2v) is 18.2. The summed E-state index contributed by atoms with van der Waals surface area (Å²) in [6.07, 6.45) is -9.30. The zero-order valence-corrected chi connectivity index (χ0v) is 37.4. The molecule has 0 bridgehead atoms. The second kappa shape index (κ2) is 15.6. The topological polar surface area (TPSA) is 13.0 Å². The van der Waals surface area contributed by atoms with Crippen LogP contribution in [0.3, 0.4) is 0 Å². The van der Waals surface area contributed by atoms with Gasteiger partial charge in [-0.15, -0.1) is 0 Å². The summed E-state index contributed by atoms with van der Waals surface area (Å²) in [5, 5.41) is 0. The van der Waals surface area contributed by atoms with Crippen molar-refractivity contribution in [1.82, 2.24) is 0 Å². The first kappa shape index (κ1) is 41.9. The van der Waals surface area contributed by atoms with Gasteiger partial charge in [-0.25, -0.2) is 0 Å². The highest BCUT2D eigenvalue weighted by atomic mass is 19.4. The van der Waals surface area contributed by atoms with E-state index in [2.05, 4.69) is 0 Å². The van der Waals surface area contributed by atoms with Crippen LogP contribution in [0.15, 0.2) is 194 Å². The van der Waals surface area contributed by atoms with Gasteiger partial charge in [0.25, 0.3) is 0 Å². The van der Waals surface area contributed by atoms with Crippen molar-refractivity contribution >= 4 is 68.2 Å². The smallest absolute Gasteiger partial charge is 0.309 e. The molecule has 0 atom stereocenters. The lowest BCUT2D eigenvalue weighted by Gasteiger charge is -2.46. The molecule has 4 aliphatic heterocycles. The van der Waals surface area contributed by atoms with Gasteiger partial charge in [-0.1, -0.05) is 146 Å². The third-order valence-corrected chi connectivity index (χ3v) is 14.2. The van der Waals surface area contributed by atoms with Crippen LogP contribution in [0, 0.1) is 0 Å². The quantitative estimate of drug-likeness (QED) is 0.163. The number of fused-ring (bicyclic) bond motifs is 8. The molecule has 9 aromatic carbocycles. The minimum Gasteiger partial charge on any atom is -0.309 e. The van der Waals surface area contributed by atoms with Crippen LogP contribution in [0.4, 0.5) is 94.6 Å². The third-order valence-electron chi connectivity index (χ3n) is 14.2. The summed E-state index contributed by atoms with van der Waals surface area (Å²) in [6, 6.07) is 57.6. The minimum absolute atomic E-state index is 0.231. The maximum absolute atomic E-state index is 17.8. The molecule has 0 spiro atoms. The fraction of sp³-hybridized carbons (Fsp3) is 0.100. The number of halogens is 6. The Bertz CT molecular complexity index is 3280. The van der Waals surface area contributed by atoms with E-state index in [1.807, 2.05) is 72.8 Å². The second-order valence-electron chi connectivity index (χ2n) is 18.2. The molecular weight excluding hydrogens is 891 g/mol. The van der Waals surface area contributed by atoms with Crippen LogP contribution in [0.1, 0.15) is 55.6 Å². The summed E-state index contributed by atoms with van der Waals surface area (Å²) in [5.74, 6) is 0. The van der Waals surface area contributed by atoms with Crippen LogP contribution in [0.5, 0.6) is 0 Å². The lowest BCUT2D eigenvalue weighted by molar-refractivity contribution is -0.141. The van der Waals surface area contributed by atoms with E-state index in [0.29, 0.717) is 70.9 Å². The standard InChI is InChI=1S/C60H40F6N4/c61-59(62,63)53-55(67-45-25-9-1-17-37(45)33-38-18-2-10-26-46(38)67)54(60(64,65)66)57(69-49-29-13-5-21-41(49)35-42-22-6-14-30-50(42)69)58(70-51-31-15-7-23-43(51)36-44-24-8-16-32-52(44)70)56(53)68-47-27-11-3-19-39(47)34-40-20-4-12-28-48(40)68/h1-32H,33-36H2. The molecule has 70 heavy (non-hydrogen) atoms. The van der Waals surface area contributed by atoms with Crippen molar-refractivity contribution in [3.05, 3.63) is 250 Å². The highest BCUT2D eigenvalue weighted by Gasteiger charge is 2.54. The zero-order valence-electron chi connectivity index (χ0n) is 37.4. The fourth-order valence-electron chi connectivity index (χ4n) is 11.4. The van der Waals surface area contributed by atoms with Gasteiger partial charge in [0, 0.05) is 71.2 Å². The van der Waals surface area contributed by atoms with Gasteiger partial charge in [0.1, 0.15) is 11.1 Å². The van der Waals surface area contributed by atoms with Gasteiger partial charge in [0.05, 0.1) is 22.7 Å². The normalized spacial score (nSPS) is 14.4. The summed E-state index contributed by atoms with van der Waals surface area (Å²) in [4.78, 5) is 6.13. The van der Waals surface area contributed by atoms with Crippen molar-refractivity contribution < 1.29 is 26.3 Å². The van der Waals surface area contributed by atoms with Crippen molar-refractivity contribution in [3.8, 4) is 0 Å². The number of hydrogen-bond acceptors (Lipinski definition) is 4. The Morgan fingerprint density at radius 1 is 0.229 bits per heavy atom. The van der Waals surface area contributed by atoms with Gasteiger partial charge in [-0.2, -0.15) is 26.3 Å². The summed E-state index contributed by atoms with van der Waals surface area (Å²) < 4.78 is 107. The van der Waals surface area contributed by atoms with Gasteiger partial charge in [-0.05, 0) is 93.0 Å². The Balaban J connectivity index is 1.34. The monoisotopic (exact) mass is 930 g/mol. The number of alkyl halides is 6. The molecule has 10 heteroatoms. The number of hydrogen-bond donors (Lipinski definition) is 0. The zero-order chi connectivity index (χ0) is 47.5. The van der Waals surface area contributed by atoms with Crippen LogP contribution in [0.2, 0.25) is 0 Å². The van der Waals surface area contributed by atoms with Crippen molar-refractivity contribution in [3.63, 3.8) is 0 Å². The summed E-state index contributed by atoms with van der Waals surface area (Å²) in [5.41, 5.74) is 3.76. The van der Waals surface area contributed by atoms with Gasteiger partial charge in [0.15, 0.2) is 0 Å². The fourth-order valence-corrected chi connectivity index (χ4v) is 11.4. The minimum atomic E-state index is -5.41. The average molecular weight is 931 g/mol. The Morgan fingerprint density at radius 2 is 0.400 bits per heavy atom. The van der Waals surface area contributed by atoms with E-state index in [1.54, 1.807) is 136 Å². The molecule has 0 saturated carbocycles. The highest BCUT2D eigenvalue weighted by Crippen LogP contribution is 2.67. The Hall–Kier alpha value is -8.24. The molecule has 0 aliphatic carbocycles. The summed E-state index contributed by atoms with van der Waals surface area (Å²) in [7, 11) is 0. The molecule has 4 nitrogen and oxygen atoms in total. The number of anilines is 12. The highest BCUT2D eigenvalue weighted by molar-refractivity contribution is 6.10. The molecule has 0 fully saturated rings. The molecule has 0 N–H and O–H groups in total. The van der Waals surface area contributed by atoms with Gasteiger partial charge >= 0.3 is 12.4 Å². The van der Waals surface area contributed by atoms with Gasteiger partial charge < -0.3 is 19.6 Å². The molecule has 4 heterocycles. The maximum atomic E-state index is 17.8.